The van der Waals surface area contributed by atoms with E-state index >= 15 is 0 Å². The third-order valence-electron chi connectivity index (χ3n) is 3.77. The van der Waals surface area contributed by atoms with E-state index in [1.165, 1.54) is 11.1 Å². The Kier molecular flexibility index (Phi) is 4.40. The number of piperazine rings is 1. The quantitative estimate of drug-likeness (QED) is 0.890. The summed E-state index contributed by atoms with van der Waals surface area (Å²) in [5.41, 5.74) is 2.47. The van der Waals surface area contributed by atoms with Crippen molar-refractivity contribution in [3.05, 3.63) is 23.3 Å². The maximum absolute atomic E-state index is 5.69. The molecule has 0 unspecified atom stereocenters. The van der Waals surface area contributed by atoms with Gasteiger partial charge in [-0.25, -0.2) is 0 Å². The monoisotopic (exact) mass is 278 g/mol. The molecule has 0 saturated carbocycles. The number of methoxy groups -OCH3 is 1. The molecule has 2 heterocycles. The first-order valence-electron chi connectivity index (χ1n) is 7.20. The van der Waals surface area contributed by atoms with Crippen molar-refractivity contribution in [3.63, 3.8) is 0 Å². The number of nitrogens with one attached hydrogen (secondary N) is 1. The van der Waals surface area contributed by atoms with Crippen molar-refractivity contribution in [3.8, 4) is 11.5 Å². The second-order valence-corrected chi connectivity index (χ2v) is 5.22. The molecule has 3 rings (SSSR count). The van der Waals surface area contributed by atoms with Crippen molar-refractivity contribution < 1.29 is 14.2 Å². The topological polar surface area (TPSA) is 43.0 Å². The maximum Gasteiger partial charge on any atom is 0.161 e. The molecule has 0 aliphatic carbocycles. The summed E-state index contributed by atoms with van der Waals surface area (Å²) in [6.07, 6.45) is 0. The van der Waals surface area contributed by atoms with E-state index < -0.39 is 0 Å². The molecule has 0 radical (unpaired) electrons. The lowest BCUT2D eigenvalue weighted by molar-refractivity contribution is 0.165. The number of fused-ring (bicyclic) bond motifs is 1. The minimum Gasteiger partial charge on any atom is -0.486 e. The van der Waals surface area contributed by atoms with Crippen LogP contribution in [0.15, 0.2) is 12.1 Å². The van der Waals surface area contributed by atoms with E-state index in [4.69, 9.17) is 14.2 Å². The molecule has 0 aromatic heterocycles. The van der Waals surface area contributed by atoms with Crippen LogP contribution in [0.1, 0.15) is 11.1 Å². The molecule has 0 atom stereocenters. The molecule has 1 aromatic rings. The van der Waals surface area contributed by atoms with Crippen molar-refractivity contribution in [1.29, 1.82) is 0 Å². The largest absolute Gasteiger partial charge is 0.486 e. The van der Waals surface area contributed by atoms with Crippen LogP contribution in [0.5, 0.6) is 11.5 Å². The van der Waals surface area contributed by atoms with E-state index in [1.54, 1.807) is 7.11 Å². The molecular weight excluding hydrogens is 256 g/mol. The van der Waals surface area contributed by atoms with Crippen LogP contribution in [-0.2, 0) is 17.9 Å². The molecule has 0 bridgehead atoms. The lowest BCUT2D eigenvalue weighted by atomic mass is 10.1. The molecule has 1 fully saturated rings. The Bertz CT molecular complexity index is 459. The van der Waals surface area contributed by atoms with Gasteiger partial charge in [0.1, 0.15) is 13.2 Å². The summed E-state index contributed by atoms with van der Waals surface area (Å²) in [5, 5.41) is 3.38. The molecule has 2 aliphatic rings. The molecule has 1 aromatic carbocycles. The van der Waals surface area contributed by atoms with Crippen LogP contribution in [0, 0.1) is 0 Å². The van der Waals surface area contributed by atoms with E-state index in [1.807, 2.05) is 0 Å². The summed E-state index contributed by atoms with van der Waals surface area (Å²) in [7, 11) is 1.73. The van der Waals surface area contributed by atoms with Gasteiger partial charge in [-0.1, -0.05) is 0 Å². The van der Waals surface area contributed by atoms with Crippen LogP contribution in [0.25, 0.3) is 0 Å². The maximum atomic E-state index is 5.69. The van der Waals surface area contributed by atoms with E-state index in [9.17, 15) is 0 Å². The zero-order valence-corrected chi connectivity index (χ0v) is 12.0. The number of hydrogen-bond donors (Lipinski definition) is 1. The molecule has 1 saturated heterocycles. The van der Waals surface area contributed by atoms with Crippen LogP contribution in [-0.4, -0.2) is 51.4 Å². The second kappa shape index (κ2) is 6.43. The molecule has 5 nitrogen and oxygen atoms in total. The number of hydrogen-bond acceptors (Lipinski definition) is 5. The highest BCUT2D eigenvalue weighted by Crippen LogP contribution is 2.34. The summed E-state index contributed by atoms with van der Waals surface area (Å²) in [6, 6.07) is 4.18. The molecule has 5 heteroatoms. The molecule has 20 heavy (non-hydrogen) atoms. The van der Waals surface area contributed by atoms with Crippen molar-refractivity contribution in [1.82, 2.24) is 10.2 Å². The lowest BCUT2D eigenvalue weighted by Crippen LogP contribution is -2.43. The third kappa shape index (κ3) is 3.06. The van der Waals surface area contributed by atoms with E-state index in [2.05, 4.69) is 22.3 Å². The van der Waals surface area contributed by atoms with Gasteiger partial charge in [-0.2, -0.15) is 0 Å². The first-order valence-corrected chi connectivity index (χ1v) is 7.20. The van der Waals surface area contributed by atoms with E-state index in [0.29, 0.717) is 19.8 Å². The van der Waals surface area contributed by atoms with Gasteiger partial charge >= 0.3 is 0 Å². The molecule has 110 valence electrons. The van der Waals surface area contributed by atoms with Gasteiger partial charge in [-0.15, -0.1) is 0 Å². The Labute approximate surface area is 119 Å². The Balaban J connectivity index is 1.82. The normalized spacial score (nSPS) is 19.1. The fourth-order valence-corrected chi connectivity index (χ4v) is 2.72. The molecule has 1 N–H and O–H groups in total. The van der Waals surface area contributed by atoms with Crippen LogP contribution in [0.3, 0.4) is 0 Å². The second-order valence-electron chi connectivity index (χ2n) is 5.22. The SMILES string of the molecule is COCc1cc2c(cc1CN1CCNCC1)OCCO2. The summed E-state index contributed by atoms with van der Waals surface area (Å²) < 4.78 is 16.7. The van der Waals surface area contributed by atoms with Gasteiger partial charge in [-0.05, 0) is 23.3 Å². The summed E-state index contributed by atoms with van der Waals surface area (Å²) in [4.78, 5) is 2.46. The average Bonchev–Trinajstić information content (AvgIpc) is 2.49. The van der Waals surface area contributed by atoms with Crippen LogP contribution < -0.4 is 14.8 Å². The molecule has 2 aliphatic heterocycles. The Morgan fingerprint density at radius 3 is 2.40 bits per heavy atom. The minimum absolute atomic E-state index is 0.609. The summed E-state index contributed by atoms with van der Waals surface area (Å²) >= 11 is 0. The zero-order chi connectivity index (χ0) is 13.8. The summed E-state index contributed by atoms with van der Waals surface area (Å²) in [6.45, 7) is 7.09. The fraction of sp³-hybridized carbons (Fsp3) is 0.600. The van der Waals surface area contributed by atoms with Gasteiger partial charge in [0.25, 0.3) is 0 Å². The van der Waals surface area contributed by atoms with Gasteiger partial charge in [0.05, 0.1) is 6.61 Å². The smallest absolute Gasteiger partial charge is 0.161 e. The zero-order valence-electron chi connectivity index (χ0n) is 12.0. The predicted octanol–water partition coefficient (Wildman–Crippen LogP) is 1.01. The minimum atomic E-state index is 0.609. The van der Waals surface area contributed by atoms with Crippen LogP contribution in [0.4, 0.5) is 0 Å². The van der Waals surface area contributed by atoms with Crippen molar-refractivity contribution in [2.24, 2.45) is 0 Å². The number of ether oxygens (including phenoxy) is 3. The van der Waals surface area contributed by atoms with E-state index in [0.717, 1.165) is 44.2 Å². The summed E-state index contributed by atoms with van der Waals surface area (Å²) in [5.74, 6) is 1.70. The number of nitrogens with zero attached hydrogens (tertiary/aromatic N) is 1. The standard InChI is InChI=1S/C15H22N2O3/c1-18-11-13-9-15-14(19-6-7-20-15)8-12(13)10-17-4-2-16-3-5-17/h8-9,16H,2-7,10-11H2,1H3. The van der Waals surface area contributed by atoms with E-state index in [-0.39, 0.29) is 0 Å². The first kappa shape index (κ1) is 13.7. The average molecular weight is 278 g/mol. The first-order chi connectivity index (χ1) is 9.86. The van der Waals surface area contributed by atoms with Crippen LogP contribution >= 0.6 is 0 Å². The molecule has 0 amide bonds. The highest BCUT2D eigenvalue weighted by atomic mass is 16.6. The lowest BCUT2D eigenvalue weighted by Gasteiger charge is -2.29. The highest BCUT2D eigenvalue weighted by Gasteiger charge is 2.18. The van der Waals surface area contributed by atoms with Crippen molar-refractivity contribution in [2.45, 2.75) is 13.2 Å². The third-order valence-corrected chi connectivity index (χ3v) is 3.77. The highest BCUT2D eigenvalue weighted by molar-refractivity contribution is 5.48. The molecule has 0 spiro atoms. The Morgan fingerprint density at radius 2 is 1.75 bits per heavy atom. The van der Waals surface area contributed by atoms with Crippen molar-refractivity contribution >= 4 is 0 Å². The Morgan fingerprint density at radius 1 is 1.10 bits per heavy atom. The van der Waals surface area contributed by atoms with Gasteiger partial charge in [0.15, 0.2) is 11.5 Å². The predicted molar refractivity (Wildman–Crippen MR) is 76.3 cm³/mol. The number of benzene rings is 1. The van der Waals surface area contributed by atoms with Gasteiger partial charge < -0.3 is 19.5 Å². The number of rotatable bonds is 4. The fourth-order valence-electron chi connectivity index (χ4n) is 2.72. The van der Waals surface area contributed by atoms with Crippen LogP contribution in [0.2, 0.25) is 0 Å². The Hall–Kier alpha value is -1.30. The van der Waals surface area contributed by atoms with Gasteiger partial charge in [0, 0.05) is 39.8 Å². The van der Waals surface area contributed by atoms with Gasteiger partial charge in [-0.3, -0.25) is 4.90 Å². The van der Waals surface area contributed by atoms with Crippen molar-refractivity contribution in [2.75, 3.05) is 46.5 Å². The molecular formula is C15H22N2O3. The van der Waals surface area contributed by atoms with Gasteiger partial charge in [0.2, 0.25) is 0 Å².